The lowest BCUT2D eigenvalue weighted by atomic mass is 9.81. The van der Waals surface area contributed by atoms with Gasteiger partial charge >= 0.3 is 0 Å². The molecule has 0 spiro atoms. The Kier molecular flexibility index (Phi) is 5.82. The Morgan fingerprint density at radius 1 is 1.00 bits per heavy atom. The minimum Gasteiger partial charge on any atom is -0.385 e. The SMILES string of the molecule is CN1C(=O)C(C)(c2cccc(-c3ccccc3CNC(=O)Cc3ccccc3)c2)C=C1N. The van der Waals surface area contributed by atoms with Gasteiger partial charge in [0.15, 0.2) is 0 Å². The van der Waals surface area contributed by atoms with E-state index in [1.54, 1.807) is 7.05 Å². The van der Waals surface area contributed by atoms with Gasteiger partial charge in [0.05, 0.1) is 11.8 Å². The fourth-order valence-electron chi connectivity index (χ4n) is 4.13. The average molecular weight is 426 g/mol. The van der Waals surface area contributed by atoms with E-state index in [0.717, 1.165) is 27.8 Å². The molecule has 32 heavy (non-hydrogen) atoms. The number of nitrogens with zero attached hydrogens (tertiary/aromatic N) is 1. The standard InChI is InChI=1S/C27H27N3O2/c1-27(17-24(28)30(2)26(27)32)22-13-8-12-20(16-22)23-14-7-6-11-21(23)18-29-25(31)15-19-9-4-3-5-10-19/h3-14,16-17H,15,18,28H2,1-2H3,(H,29,31). The quantitative estimate of drug-likeness (QED) is 0.632. The van der Waals surface area contributed by atoms with Gasteiger partial charge < -0.3 is 16.0 Å². The van der Waals surface area contributed by atoms with Crippen molar-refractivity contribution in [3.05, 3.63) is 107 Å². The molecule has 1 atom stereocenters. The fraction of sp³-hybridized carbons (Fsp3) is 0.185. The number of likely N-dealkylation sites (N-methyl/N-ethyl adjacent to an activating group) is 1. The predicted octanol–water partition coefficient (Wildman–Crippen LogP) is 3.74. The molecule has 0 fully saturated rings. The summed E-state index contributed by atoms with van der Waals surface area (Å²) in [4.78, 5) is 26.7. The van der Waals surface area contributed by atoms with E-state index < -0.39 is 5.41 Å². The number of carbonyl (C=O) groups is 2. The normalized spacial score (nSPS) is 17.9. The molecule has 1 heterocycles. The molecular weight excluding hydrogens is 398 g/mol. The van der Waals surface area contributed by atoms with Gasteiger partial charge in [-0.25, -0.2) is 0 Å². The van der Waals surface area contributed by atoms with Crippen LogP contribution in [0.2, 0.25) is 0 Å². The van der Waals surface area contributed by atoms with Gasteiger partial charge in [0, 0.05) is 13.6 Å². The first-order chi connectivity index (χ1) is 15.4. The van der Waals surface area contributed by atoms with Crippen LogP contribution in [0, 0.1) is 0 Å². The number of rotatable bonds is 6. The summed E-state index contributed by atoms with van der Waals surface area (Å²) in [6.07, 6.45) is 2.16. The fourth-order valence-corrected chi connectivity index (χ4v) is 4.13. The number of amides is 2. The van der Waals surface area contributed by atoms with Crippen LogP contribution < -0.4 is 11.1 Å². The summed E-state index contributed by atoms with van der Waals surface area (Å²) >= 11 is 0. The molecule has 3 N–H and O–H groups in total. The Morgan fingerprint density at radius 3 is 2.44 bits per heavy atom. The van der Waals surface area contributed by atoms with Crippen LogP contribution in [0.1, 0.15) is 23.6 Å². The Bertz CT molecular complexity index is 1190. The predicted molar refractivity (Wildman–Crippen MR) is 126 cm³/mol. The number of nitrogens with two attached hydrogens (primary N) is 1. The van der Waals surface area contributed by atoms with E-state index in [0.29, 0.717) is 18.8 Å². The number of hydrogen-bond acceptors (Lipinski definition) is 3. The van der Waals surface area contributed by atoms with Gasteiger partial charge in [0.1, 0.15) is 5.82 Å². The molecule has 0 saturated carbocycles. The highest BCUT2D eigenvalue weighted by atomic mass is 16.2. The maximum Gasteiger partial charge on any atom is 0.242 e. The second-order valence-corrected chi connectivity index (χ2v) is 8.31. The molecule has 5 nitrogen and oxygen atoms in total. The summed E-state index contributed by atoms with van der Waals surface area (Å²) in [6.45, 7) is 2.32. The van der Waals surface area contributed by atoms with Gasteiger partial charge in [0.2, 0.25) is 11.8 Å². The summed E-state index contributed by atoms with van der Waals surface area (Å²) in [5.74, 6) is 0.394. The smallest absolute Gasteiger partial charge is 0.242 e. The van der Waals surface area contributed by atoms with Crippen LogP contribution in [-0.2, 0) is 28.0 Å². The third-order valence-corrected chi connectivity index (χ3v) is 6.05. The maximum atomic E-state index is 12.8. The summed E-state index contributed by atoms with van der Waals surface area (Å²) in [5, 5.41) is 3.03. The van der Waals surface area contributed by atoms with Crippen molar-refractivity contribution >= 4 is 11.8 Å². The van der Waals surface area contributed by atoms with Crippen LogP contribution in [0.4, 0.5) is 0 Å². The molecule has 162 valence electrons. The van der Waals surface area contributed by atoms with Crippen LogP contribution >= 0.6 is 0 Å². The molecule has 0 aromatic heterocycles. The lowest BCUT2D eigenvalue weighted by Gasteiger charge is -2.23. The monoisotopic (exact) mass is 425 g/mol. The van der Waals surface area contributed by atoms with Crippen molar-refractivity contribution in [3.8, 4) is 11.1 Å². The van der Waals surface area contributed by atoms with Crippen molar-refractivity contribution in [2.24, 2.45) is 5.73 Å². The van der Waals surface area contributed by atoms with Gasteiger partial charge in [-0.2, -0.15) is 0 Å². The van der Waals surface area contributed by atoms with E-state index in [-0.39, 0.29) is 11.8 Å². The van der Waals surface area contributed by atoms with Crippen LogP contribution in [0.15, 0.2) is 90.8 Å². The van der Waals surface area contributed by atoms with Crippen molar-refractivity contribution < 1.29 is 9.59 Å². The second-order valence-electron chi connectivity index (χ2n) is 8.31. The zero-order valence-corrected chi connectivity index (χ0v) is 18.3. The van der Waals surface area contributed by atoms with Crippen molar-refractivity contribution in [1.82, 2.24) is 10.2 Å². The molecule has 1 aliphatic heterocycles. The second kappa shape index (κ2) is 8.71. The van der Waals surface area contributed by atoms with Gasteiger partial charge in [-0.1, -0.05) is 72.8 Å². The third-order valence-electron chi connectivity index (χ3n) is 6.05. The van der Waals surface area contributed by atoms with E-state index in [1.165, 1.54) is 4.90 Å². The van der Waals surface area contributed by atoms with E-state index in [1.807, 2.05) is 91.9 Å². The Morgan fingerprint density at radius 2 is 1.72 bits per heavy atom. The molecule has 4 rings (SSSR count). The molecule has 0 aliphatic carbocycles. The molecule has 0 bridgehead atoms. The van der Waals surface area contributed by atoms with E-state index >= 15 is 0 Å². The highest BCUT2D eigenvalue weighted by Crippen LogP contribution is 2.36. The molecule has 0 radical (unpaired) electrons. The summed E-state index contributed by atoms with van der Waals surface area (Å²) in [6, 6.07) is 25.6. The average Bonchev–Trinajstić information content (AvgIpc) is 3.02. The molecule has 1 aliphatic rings. The molecule has 3 aromatic carbocycles. The van der Waals surface area contributed by atoms with Crippen LogP contribution in [0.3, 0.4) is 0 Å². The van der Waals surface area contributed by atoms with E-state index in [2.05, 4.69) is 5.32 Å². The van der Waals surface area contributed by atoms with E-state index in [4.69, 9.17) is 5.73 Å². The molecule has 2 amide bonds. The molecule has 3 aromatic rings. The summed E-state index contributed by atoms with van der Waals surface area (Å²) in [7, 11) is 1.69. The summed E-state index contributed by atoms with van der Waals surface area (Å²) in [5.41, 5.74) is 10.1. The first-order valence-electron chi connectivity index (χ1n) is 10.6. The molecule has 0 saturated heterocycles. The number of nitrogens with one attached hydrogen (secondary N) is 1. The topological polar surface area (TPSA) is 75.4 Å². The maximum absolute atomic E-state index is 12.8. The molecular formula is C27H27N3O2. The molecule has 1 unspecified atom stereocenters. The highest BCUT2D eigenvalue weighted by Gasteiger charge is 2.41. The number of benzene rings is 3. The molecule has 5 heteroatoms. The first-order valence-corrected chi connectivity index (χ1v) is 10.6. The lowest BCUT2D eigenvalue weighted by molar-refractivity contribution is -0.130. The van der Waals surface area contributed by atoms with Crippen LogP contribution in [-0.4, -0.2) is 23.8 Å². The number of hydrogen-bond donors (Lipinski definition) is 2. The van der Waals surface area contributed by atoms with Crippen molar-refractivity contribution in [3.63, 3.8) is 0 Å². The van der Waals surface area contributed by atoms with Crippen LogP contribution in [0.5, 0.6) is 0 Å². The Labute approximate surface area is 188 Å². The van der Waals surface area contributed by atoms with Gasteiger partial charge in [-0.05, 0) is 46.9 Å². The number of carbonyl (C=O) groups excluding carboxylic acids is 2. The third kappa shape index (κ3) is 4.14. The van der Waals surface area contributed by atoms with Gasteiger partial charge in [0.25, 0.3) is 0 Å². The summed E-state index contributed by atoms with van der Waals surface area (Å²) < 4.78 is 0. The van der Waals surface area contributed by atoms with Gasteiger partial charge in [-0.15, -0.1) is 0 Å². The minimum atomic E-state index is -0.798. The zero-order chi connectivity index (χ0) is 22.7. The largest absolute Gasteiger partial charge is 0.385 e. The lowest BCUT2D eigenvalue weighted by Crippen LogP contribution is -2.35. The van der Waals surface area contributed by atoms with Crippen LogP contribution in [0.25, 0.3) is 11.1 Å². The first kappa shape index (κ1) is 21.4. The van der Waals surface area contributed by atoms with Gasteiger partial charge in [-0.3, -0.25) is 9.59 Å². The zero-order valence-electron chi connectivity index (χ0n) is 18.3. The Hall–Kier alpha value is -3.86. The van der Waals surface area contributed by atoms with Crippen molar-refractivity contribution in [2.75, 3.05) is 7.05 Å². The Balaban J connectivity index is 1.56. The van der Waals surface area contributed by atoms with Crippen molar-refractivity contribution in [2.45, 2.75) is 25.3 Å². The van der Waals surface area contributed by atoms with E-state index in [9.17, 15) is 9.59 Å². The highest BCUT2D eigenvalue weighted by molar-refractivity contribution is 5.94. The minimum absolute atomic E-state index is 0.0209. The van der Waals surface area contributed by atoms with Crippen molar-refractivity contribution in [1.29, 1.82) is 0 Å².